The zero-order valence-electron chi connectivity index (χ0n) is 13.2. The molecular weight excluding hydrogens is 328 g/mol. The van der Waals surface area contributed by atoms with Crippen LogP contribution in [-0.4, -0.2) is 12.5 Å². The Morgan fingerprint density at radius 1 is 1.19 bits per heavy atom. The summed E-state index contributed by atoms with van der Waals surface area (Å²) in [5.41, 5.74) is 6.76. The molecule has 3 N–H and O–H groups in total. The first-order valence-corrected chi connectivity index (χ1v) is 8.48. The smallest absolute Gasteiger partial charge is 0.220 e. The molecule has 0 heterocycles. The highest BCUT2D eigenvalue weighted by atomic mass is 79.9. The summed E-state index contributed by atoms with van der Waals surface area (Å²) < 4.78 is 1.05. The molecule has 1 aromatic rings. The fraction of sp³-hybridized carbons (Fsp3) is 0.588. The number of nitrogens with one attached hydrogen (secondary N) is 1. The number of carbonyl (C=O) groups is 1. The Labute approximate surface area is 136 Å². The van der Waals surface area contributed by atoms with Crippen LogP contribution in [-0.2, 0) is 4.79 Å². The first kappa shape index (κ1) is 18.2. The average molecular weight is 355 g/mol. The normalized spacial score (nSPS) is 14.0. The van der Waals surface area contributed by atoms with Crippen LogP contribution in [0.15, 0.2) is 28.7 Å². The minimum absolute atomic E-state index is 0.0395. The predicted octanol–water partition coefficient (Wildman–Crippen LogP) is 4.03. The number of hydrogen-bond acceptors (Lipinski definition) is 2. The summed E-state index contributed by atoms with van der Waals surface area (Å²) in [5, 5.41) is 3.07. The molecule has 0 aromatic heterocycles. The number of benzene rings is 1. The summed E-state index contributed by atoms with van der Waals surface area (Å²) in [6, 6.07) is 8.08. The Bertz CT molecular complexity index is 431. The van der Waals surface area contributed by atoms with Crippen molar-refractivity contribution in [2.75, 3.05) is 6.54 Å². The molecule has 3 nitrogen and oxygen atoms in total. The second-order valence-corrected chi connectivity index (χ2v) is 6.88. The van der Waals surface area contributed by atoms with Crippen molar-refractivity contribution in [2.45, 2.75) is 46.1 Å². The number of halogens is 1. The second kappa shape index (κ2) is 9.21. The van der Waals surface area contributed by atoms with E-state index >= 15 is 0 Å². The molecule has 0 aliphatic rings. The molecule has 1 amide bonds. The molecule has 0 spiro atoms. The quantitative estimate of drug-likeness (QED) is 0.740. The third-order valence-electron chi connectivity index (χ3n) is 3.97. The molecule has 0 saturated heterocycles. The number of amides is 1. The molecule has 0 radical (unpaired) electrons. The SMILES string of the molecule is CC(C)C(CCN)CCC(=O)N[C@@H](C)c1ccc(Br)cc1. The Balaban J connectivity index is 2.44. The van der Waals surface area contributed by atoms with E-state index in [4.69, 9.17) is 5.73 Å². The Morgan fingerprint density at radius 2 is 1.81 bits per heavy atom. The highest BCUT2D eigenvalue weighted by molar-refractivity contribution is 9.10. The Kier molecular flexibility index (Phi) is 7.97. The summed E-state index contributed by atoms with van der Waals surface area (Å²) >= 11 is 3.42. The number of carbonyl (C=O) groups excluding carboxylic acids is 1. The Morgan fingerprint density at radius 3 is 2.33 bits per heavy atom. The van der Waals surface area contributed by atoms with Crippen LogP contribution in [0.5, 0.6) is 0 Å². The van der Waals surface area contributed by atoms with Crippen LogP contribution >= 0.6 is 15.9 Å². The van der Waals surface area contributed by atoms with Crippen molar-refractivity contribution in [3.8, 4) is 0 Å². The fourth-order valence-electron chi connectivity index (χ4n) is 2.49. The number of nitrogens with two attached hydrogens (primary N) is 1. The zero-order valence-corrected chi connectivity index (χ0v) is 14.8. The van der Waals surface area contributed by atoms with E-state index in [2.05, 4.69) is 35.1 Å². The monoisotopic (exact) mass is 354 g/mol. The van der Waals surface area contributed by atoms with Gasteiger partial charge in [0.2, 0.25) is 5.91 Å². The van der Waals surface area contributed by atoms with Gasteiger partial charge in [-0.25, -0.2) is 0 Å². The Hall–Kier alpha value is -0.870. The van der Waals surface area contributed by atoms with Crippen LogP contribution in [0, 0.1) is 11.8 Å². The molecule has 1 rings (SSSR count). The lowest BCUT2D eigenvalue weighted by Crippen LogP contribution is -2.27. The third kappa shape index (κ3) is 6.62. The van der Waals surface area contributed by atoms with Gasteiger partial charge in [0.05, 0.1) is 6.04 Å². The van der Waals surface area contributed by atoms with E-state index in [0.717, 1.165) is 22.9 Å². The molecule has 0 aliphatic heterocycles. The van der Waals surface area contributed by atoms with Crippen molar-refractivity contribution in [3.63, 3.8) is 0 Å². The maximum absolute atomic E-state index is 12.1. The van der Waals surface area contributed by atoms with Crippen LogP contribution < -0.4 is 11.1 Å². The zero-order chi connectivity index (χ0) is 15.8. The van der Waals surface area contributed by atoms with Crippen molar-refractivity contribution in [1.29, 1.82) is 0 Å². The number of rotatable bonds is 8. The van der Waals surface area contributed by atoms with Crippen LogP contribution in [0.25, 0.3) is 0 Å². The van der Waals surface area contributed by atoms with E-state index in [9.17, 15) is 4.79 Å². The summed E-state index contributed by atoms with van der Waals surface area (Å²) in [6.45, 7) is 7.10. The highest BCUT2D eigenvalue weighted by Gasteiger charge is 2.15. The molecule has 2 atom stereocenters. The van der Waals surface area contributed by atoms with Crippen LogP contribution in [0.4, 0.5) is 0 Å². The van der Waals surface area contributed by atoms with E-state index in [0.29, 0.717) is 24.8 Å². The molecule has 1 aromatic carbocycles. The van der Waals surface area contributed by atoms with Gasteiger partial charge >= 0.3 is 0 Å². The summed E-state index contributed by atoms with van der Waals surface area (Å²) in [4.78, 5) is 12.1. The van der Waals surface area contributed by atoms with Gasteiger partial charge in [0.15, 0.2) is 0 Å². The van der Waals surface area contributed by atoms with Crippen molar-refractivity contribution < 1.29 is 4.79 Å². The van der Waals surface area contributed by atoms with Crippen molar-refractivity contribution in [1.82, 2.24) is 5.32 Å². The predicted molar refractivity (Wildman–Crippen MR) is 91.9 cm³/mol. The summed E-state index contributed by atoms with van der Waals surface area (Å²) in [6.07, 6.45) is 2.48. The van der Waals surface area contributed by atoms with Gasteiger partial charge in [-0.3, -0.25) is 4.79 Å². The maximum Gasteiger partial charge on any atom is 0.220 e. The van der Waals surface area contributed by atoms with E-state index < -0.39 is 0 Å². The molecule has 0 saturated carbocycles. The van der Waals surface area contributed by atoms with Gasteiger partial charge in [-0.1, -0.05) is 41.9 Å². The van der Waals surface area contributed by atoms with Gasteiger partial charge in [0.25, 0.3) is 0 Å². The maximum atomic E-state index is 12.1. The van der Waals surface area contributed by atoms with Crippen LogP contribution in [0.1, 0.15) is 51.6 Å². The van der Waals surface area contributed by atoms with Crippen molar-refractivity contribution >= 4 is 21.8 Å². The van der Waals surface area contributed by atoms with Gasteiger partial charge in [0.1, 0.15) is 0 Å². The minimum atomic E-state index is 0.0395. The molecule has 1 unspecified atom stereocenters. The molecule has 118 valence electrons. The largest absolute Gasteiger partial charge is 0.350 e. The fourth-order valence-corrected chi connectivity index (χ4v) is 2.75. The van der Waals surface area contributed by atoms with E-state index in [1.807, 2.05) is 31.2 Å². The molecule has 4 heteroatoms. The summed E-state index contributed by atoms with van der Waals surface area (Å²) in [7, 11) is 0. The van der Waals surface area contributed by atoms with Gasteiger partial charge < -0.3 is 11.1 Å². The van der Waals surface area contributed by atoms with Gasteiger partial charge in [-0.15, -0.1) is 0 Å². The summed E-state index contributed by atoms with van der Waals surface area (Å²) in [5.74, 6) is 1.22. The third-order valence-corrected chi connectivity index (χ3v) is 4.50. The first-order chi connectivity index (χ1) is 9.93. The molecule has 0 bridgehead atoms. The standard InChI is InChI=1S/C17H27BrN2O/c1-12(2)14(10-11-19)6-9-17(21)20-13(3)15-4-7-16(18)8-5-15/h4-5,7-8,12-14H,6,9-11,19H2,1-3H3,(H,20,21)/t13-,14?/m0/s1. The second-order valence-electron chi connectivity index (χ2n) is 5.96. The highest BCUT2D eigenvalue weighted by Crippen LogP contribution is 2.21. The molecule has 0 fully saturated rings. The lowest BCUT2D eigenvalue weighted by Gasteiger charge is -2.20. The van der Waals surface area contributed by atoms with Gasteiger partial charge in [0, 0.05) is 10.9 Å². The lowest BCUT2D eigenvalue weighted by molar-refractivity contribution is -0.122. The van der Waals surface area contributed by atoms with Gasteiger partial charge in [-0.2, -0.15) is 0 Å². The molecule has 21 heavy (non-hydrogen) atoms. The van der Waals surface area contributed by atoms with Crippen molar-refractivity contribution in [2.24, 2.45) is 17.6 Å². The van der Waals surface area contributed by atoms with E-state index in [1.54, 1.807) is 0 Å². The first-order valence-electron chi connectivity index (χ1n) is 7.69. The van der Waals surface area contributed by atoms with Crippen LogP contribution in [0.2, 0.25) is 0 Å². The molecular formula is C17H27BrN2O. The van der Waals surface area contributed by atoms with E-state index in [1.165, 1.54) is 0 Å². The average Bonchev–Trinajstić information content (AvgIpc) is 2.43. The minimum Gasteiger partial charge on any atom is -0.350 e. The van der Waals surface area contributed by atoms with Crippen LogP contribution in [0.3, 0.4) is 0 Å². The molecule has 0 aliphatic carbocycles. The van der Waals surface area contributed by atoms with E-state index in [-0.39, 0.29) is 11.9 Å². The van der Waals surface area contributed by atoms with Gasteiger partial charge in [-0.05, 0) is 55.8 Å². The van der Waals surface area contributed by atoms with Crippen molar-refractivity contribution in [3.05, 3.63) is 34.3 Å². The topological polar surface area (TPSA) is 55.1 Å². The number of hydrogen-bond donors (Lipinski definition) is 2. The lowest BCUT2D eigenvalue weighted by atomic mass is 9.88.